The molecule has 18 heavy (non-hydrogen) atoms. The molecule has 0 saturated heterocycles. The number of nitrogen functional groups attached to an aromatic ring is 1. The van der Waals surface area contributed by atoms with Crippen LogP contribution in [-0.2, 0) is 0 Å². The predicted octanol–water partition coefficient (Wildman–Crippen LogP) is 1.61. The van der Waals surface area contributed by atoms with Gasteiger partial charge in [-0.15, -0.1) is 0 Å². The first-order valence-electron chi connectivity index (χ1n) is 4.69. The number of aromatic nitrogens is 2. The van der Waals surface area contributed by atoms with Crippen LogP contribution in [0.3, 0.4) is 0 Å². The Hall–Kier alpha value is -2.13. The van der Waals surface area contributed by atoms with Crippen LogP contribution in [-0.4, -0.2) is 27.7 Å². The van der Waals surface area contributed by atoms with Gasteiger partial charge in [0.25, 0.3) is 5.88 Å². The molecular weight excluding hydrogens is 257 g/mol. The molecule has 1 heterocycles. The molecule has 7 nitrogen and oxygen atoms in total. The van der Waals surface area contributed by atoms with Crippen molar-refractivity contribution in [3.63, 3.8) is 0 Å². The van der Waals surface area contributed by atoms with E-state index in [4.69, 9.17) is 5.73 Å². The van der Waals surface area contributed by atoms with E-state index in [1.807, 2.05) is 0 Å². The van der Waals surface area contributed by atoms with Crippen LogP contribution in [0, 0.1) is 17.0 Å². The van der Waals surface area contributed by atoms with Crippen molar-refractivity contribution in [1.82, 2.24) is 9.97 Å². The number of aryl methyl sites for hydroxylation is 1. The topological polar surface area (TPSA) is 104 Å². The third-order valence-corrected chi connectivity index (χ3v) is 1.85. The van der Waals surface area contributed by atoms with E-state index in [0.717, 1.165) is 0 Å². The molecule has 0 radical (unpaired) electrons. The Morgan fingerprint density at radius 3 is 2.56 bits per heavy atom. The average Bonchev–Trinajstić information content (AvgIpc) is 2.13. The number of hydrogen-bond acceptors (Lipinski definition) is 6. The van der Waals surface area contributed by atoms with Gasteiger partial charge in [0, 0.05) is 0 Å². The minimum absolute atomic E-state index is 0.0745. The molecule has 0 aliphatic carbocycles. The summed E-state index contributed by atoms with van der Waals surface area (Å²) in [6.07, 6.45) is -5.66. The van der Waals surface area contributed by atoms with E-state index in [-0.39, 0.29) is 11.6 Å². The molecule has 0 unspecified atom stereocenters. The third-order valence-electron chi connectivity index (χ3n) is 1.85. The molecule has 10 heteroatoms. The Morgan fingerprint density at radius 1 is 1.44 bits per heavy atom. The van der Waals surface area contributed by atoms with Crippen molar-refractivity contribution < 1.29 is 22.8 Å². The quantitative estimate of drug-likeness (QED) is 0.655. The maximum atomic E-state index is 11.9. The van der Waals surface area contributed by atoms with Gasteiger partial charge >= 0.3 is 11.9 Å². The molecule has 100 valence electrons. The molecule has 0 bridgehead atoms. The van der Waals surface area contributed by atoms with E-state index in [9.17, 15) is 23.3 Å². The maximum Gasteiger partial charge on any atom is 0.392 e. The normalized spacial score (nSPS) is 11.3. The molecule has 1 aromatic heterocycles. The highest BCUT2D eigenvalue weighted by Crippen LogP contribution is 2.28. The molecular formula is C8H9F3N4O3. The van der Waals surface area contributed by atoms with Gasteiger partial charge in [-0.05, 0) is 6.92 Å². The van der Waals surface area contributed by atoms with Crippen LogP contribution >= 0.6 is 0 Å². The minimum Gasteiger partial charge on any atom is -0.472 e. The summed E-state index contributed by atoms with van der Waals surface area (Å²) >= 11 is 0. The van der Waals surface area contributed by atoms with Crippen molar-refractivity contribution in [2.75, 3.05) is 12.3 Å². The summed E-state index contributed by atoms with van der Waals surface area (Å²) in [5, 5.41) is 10.7. The number of alkyl halides is 3. The molecule has 0 amide bonds. The molecule has 2 N–H and O–H groups in total. The molecule has 0 spiro atoms. The van der Waals surface area contributed by atoms with Crippen molar-refractivity contribution in [3.05, 3.63) is 15.8 Å². The Labute approximate surface area is 98.9 Å². The first-order chi connectivity index (χ1) is 8.20. The highest BCUT2D eigenvalue weighted by atomic mass is 19.4. The predicted molar refractivity (Wildman–Crippen MR) is 54.0 cm³/mol. The minimum atomic E-state index is -4.41. The lowest BCUT2D eigenvalue weighted by Crippen LogP contribution is -2.15. The van der Waals surface area contributed by atoms with Gasteiger partial charge < -0.3 is 10.5 Å². The number of nitrogens with two attached hydrogens (primary N) is 1. The largest absolute Gasteiger partial charge is 0.472 e. The number of anilines is 1. The molecule has 0 saturated carbocycles. The summed E-state index contributed by atoms with van der Waals surface area (Å²) in [5.74, 6) is -0.866. The lowest BCUT2D eigenvalue weighted by molar-refractivity contribution is -0.387. The van der Waals surface area contributed by atoms with Crippen molar-refractivity contribution in [2.45, 2.75) is 19.5 Å². The molecule has 0 aromatic carbocycles. The SMILES string of the molecule is Cc1nc(N)nc(OCCC(F)(F)F)c1[N+](=O)[O-]. The molecule has 1 aromatic rings. The Kier molecular flexibility index (Phi) is 3.89. The molecule has 1 rings (SSSR count). The zero-order valence-corrected chi connectivity index (χ0v) is 9.19. The summed E-state index contributed by atoms with van der Waals surface area (Å²) in [6, 6.07) is 0. The Balaban J connectivity index is 2.90. The van der Waals surface area contributed by atoms with Crippen LogP contribution in [0.1, 0.15) is 12.1 Å². The van der Waals surface area contributed by atoms with Crippen LogP contribution in [0.5, 0.6) is 5.88 Å². The first-order valence-corrected chi connectivity index (χ1v) is 4.69. The third kappa shape index (κ3) is 3.71. The van der Waals surface area contributed by atoms with Crippen LogP contribution in [0.4, 0.5) is 24.8 Å². The fourth-order valence-corrected chi connectivity index (χ4v) is 1.14. The second-order valence-electron chi connectivity index (χ2n) is 3.29. The number of hydrogen-bond donors (Lipinski definition) is 1. The summed E-state index contributed by atoms with van der Waals surface area (Å²) in [6.45, 7) is 0.507. The van der Waals surface area contributed by atoms with Gasteiger partial charge in [0.05, 0.1) is 18.0 Å². The van der Waals surface area contributed by atoms with Gasteiger partial charge in [-0.1, -0.05) is 0 Å². The smallest absolute Gasteiger partial charge is 0.392 e. The lowest BCUT2D eigenvalue weighted by Gasteiger charge is -2.09. The number of halogens is 3. The second kappa shape index (κ2) is 5.02. The number of nitro groups is 1. The maximum absolute atomic E-state index is 11.9. The van der Waals surface area contributed by atoms with E-state index in [1.165, 1.54) is 6.92 Å². The molecule has 0 aliphatic rings. The van der Waals surface area contributed by atoms with Gasteiger partial charge in [-0.3, -0.25) is 10.1 Å². The van der Waals surface area contributed by atoms with E-state index in [2.05, 4.69) is 14.7 Å². The van der Waals surface area contributed by atoms with Crippen LogP contribution in [0.25, 0.3) is 0 Å². The van der Waals surface area contributed by atoms with Crippen LogP contribution in [0.15, 0.2) is 0 Å². The fourth-order valence-electron chi connectivity index (χ4n) is 1.14. The summed E-state index contributed by atoms with van der Waals surface area (Å²) in [4.78, 5) is 16.8. The molecule has 0 atom stereocenters. The summed E-state index contributed by atoms with van der Waals surface area (Å²) in [5.41, 5.74) is 4.57. The summed E-state index contributed by atoms with van der Waals surface area (Å²) in [7, 11) is 0. The highest BCUT2D eigenvalue weighted by molar-refractivity contribution is 5.47. The van der Waals surface area contributed by atoms with Gasteiger partial charge in [-0.2, -0.15) is 18.2 Å². The number of rotatable bonds is 4. The Bertz CT molecular complexity index is 464. The van der Waals surface area contributed by atoms with Crippen molar-refractivity contribution in [3.8, 4) is 5.88 Å². The van der Waals surface area contributed by atoms with Crippen molar-refractivity contribution in [2.24, 2.45) is 0 Å². The zero-order chi connectivity index (χ0) is 13.9. The van der Waals surface area contributed by atoms with Gasteiger partial charge in [0.2, 0.25) is 5.95 Å². The van der Waals surface area contributed by atoms with E-state index in [0.29, 0.717) is 0 Å². The van der Waals surface area contributed by atoms with E-state index < -0.39 is 35.7 Å². The van der Waals surface area contributed by atoms with Gasteiger partial charge in [0.1, 0.15) is 5.69 Å². The van der Waals surface area contributed by atoms with Crippen LogP contribution in [0.2, 0.25) is 0 Å². The monoisotopic (exact) mass is 266 g/mol. The lowest BCUT2D eigenvalue weighted by atomic mass is 10.3. The van der Waals surface area contributed by atoms with Crippen LogP contribution < -0.4 is 10.5 Å². The highest BCUT2D eigenvalue weighted by Gasteiger charge is 2.29. The van der Waals surface area contributed by atoms with Gasteiger partial charge in [0.15, 0.2) is 0 Å². The molecule has 0 aliphatic heterocycles. The fraction of sp³-hybridized carbons (Fsp3) is 0.500. The number of ether oxygens (including phenoxy) is 1. The molecule has 0 fully saturated rings. The van der Waals surface area contributed by atoms with Gasteiger partial charge in [-0.25, -0.2) is 4.98 Å². The van der Waals surface area contributed by atoms with Crippen molar-refractivity contribution >= 4 is 11.6 Å². The Morgan fingerprint density at radius 2 is 2.06 bits per heavy atom. The van der Waals surface area contributed by atoms with Crippen molar-refractivity contribution in [1.29, 1.82) is 0 Å². The average molecular weight is 266 g/mol. The second-order valence-corrected chi connectivity index (χ2v) is 3.29. The standard InChI is InChI=1S/C8H9F3N4O3/c1-4-5(15(16)17)6(14-7(12)13-4)18-3-2-8(9,10)11/h2-3H2,1H3,(H2,12,13,14). The first kappa shape index (κ1) is 13.9. The number of nitrogens with zero attached hydrogens (tertiary/aromatic N) is 3. The van der Waals surface area contributed by atoms with E-state index in [1.54, 1.807) is 0 Å². The van der Waals surface area contributed by atoms with E-state index >= 15 is 0 Å². The summed E-state index contributed by atoms with van der Waals surface area (Å²) < 4.78 is 40.4. The zero-order valence-electron chi connectivity index (χ0n) is 9.19.